The third kappa shape index (κ3) is 4.91. The minimum absolute atomic E-state index is 0.00911. The van der Waals surface area contributed by atoms with Crippen LogP contribution in [0.15, 0.2) is 48.5 Å². The molecule has 1 aliphatic heterocycles. The molecule has 2 amide bonds. The van der Waals surface area contributed by atoms with E-state index in [1.54, 1.807) is 25.2 Å². The number of hydrogen-bond donors (Lipinski definition) is 1. The van der Waals surface area contributed by atoms with Crippen molar-refractivity contribution in [3.8, 4) is 11.5 Å². The van der Waals surface area contributed by atoms with Gasteiger partial charge in [-0.3, -0.25) is 9.59 Å². The van der Waals surface area contributed by atoms with E-state index in [4.69, 9.17) is 14.2 Å². The van der Waals surface area contributed by atoms with Crippen LogP contribution in [0, 0.1) is 5.92 Å². The van der Waals surface area contributed by atoms with Crippen LogP contribution in [0.1, 0.15) is 17.0 Å². The lowest BCUT2D eigenvalue weighted by Gasteiger charge is -2.21. The van der Waals surface area contributed by atoms with E-state index < -0.39 is 5.92 Å². The molecule has 1 N–H and O–H groups in total. The molecule has 0 aromatic heterocycles. The van der Waals surface area contributed by atoms with E-state index in [0.717, 1.165) is 11.1 Å². The lowest BCUT2D eigenvalue weighted by Crippen LogP contribution is -2.36. The monoisotopic (exact) mass is 412 g/mol. The van der Waals surface area contributed by atoms with Crippen LogP contribution in [0.2, 0.25) is 0 Å². The van der Waals surface area contributed by atoms with Crippen molar-refractivity contribution in [2.75, 3.05) is 41.0 Å². The molecule has 3 rings (SSSR count). The van der Waals surface area contributed by atoms with E-state index in [1.807, 2.05) is 42.5 Å². The van der Waals surface area contributed by atoms with E-state index in [1.165, 1.54) is 7.11 Å². The first-order valence-electron chi connectivity index (χ1n) is 9.87. The first-order chi connectivity index (χ1) is 14.6. The average Bonchev–Trinajstić information content (AvgIpc) is 3.23. The van der Waals surface area contributed by atoms with Crippen LogP contribution in [0.25, 0.3) is 0 Å². The fourth-order valence-corrected chi connectivity index (χ4v) is 3.84. The molecule has 1 saturated heterocycles. The number of hydrogen-bond acceptors (Lipinski definition) is 5. The molecule has 1 heterocycles. The average molecular weight is 412 g/mol. The maximum absolute atomic E-state index is 13.1. The zero-order chi connectivity index (χ0) is 21.5. The second-order valence-corrected chi connectivity index (χ2v) is 7.26. The largest absolute Gasteiger partial charge is 0.497 e. The summed E-state index contributed by atoms with van der Waals surface area (Å²) in [7, 11) is 4.67. The quantitative estimate of drug-likeness (QED) is 0.719. The smallest absolute Gasteiger partial charge is 0.248 e. The van der Waals surface area contributed by atoms with Gasteiger partial charge in [-0.2, -0.15) is 0 Å². The highest BCUT2D eigenvalue weighted by molar-refractivity contribution is 5.84. The fraction of sp³-hybridized carbons (Fsp3) is 0.391. The van der Waals surface area contributed by atoms with Crippen LogP contribution in [-0.2, 0) is 20.9 Å². The van der Waals surface area contributed by atoms with Crippen molar-refractivity contribution >= 4 is 11.8 Å². The standard InChI is InChI=1S/C23H28N2O5/c1-28-15-22(26)25-13-19(18-10-9-17(29-2)11-21(18)30-3)20(14-25)23(27)24-12-16-7-5-4-6-8-16/h4-11,19-20H,12-15H2,1-3H3,(H,24,27)/t19-,20+/m1/s1. The Hall–Kier alpha value is -3.06. The van der Waals surface area contributed by atoms with E-state index in [2.05, 4.69) is 5.32 Å². The predicted molar refractivity (Wildman–Crippen MR) is 113 cm³/mol. The Kier molecular flexibility index (Phi) is 7.30. The summed E-state index contributed by atoms with van der Waals surface area (Å²) in [6, 6.07) is 15.3. The van der Waals surface area contributed by atoms with Gasteiger partial charge < -0.3 is 24.4 Å². The SMILES string of the molecule is COCC(=O)N1C[C@H](C(=O)NCc2ccccc2)[C@@H](c2ccc(OC)cc2OC)C1. The summed E-state index contributed by atoms with van der Waals surface area (Å²) in [5.41, 5.74) is 1.90. The molecular weight excluding hydrogens is 384 g/mol. The third-order valence-corrected chi connectivity index (χ3v) is 5.43. The summed E-state index contributed by atoms with van der Waals surface area (Å²) < 4.78 is 15.8. The Morgan fingerprint density at radius 1 is 1.03 bits per heavy atom. The minimum Gasteiger partial charge on any atom is -0.497 e. The van der Waals surface area contributed by atoms with Crippen molar-refractivity contribution in [2.45, 2.75) is 12.5 Å². The Labute approximate surface area is 176 Å². The normalized spacial score (nSPS) is 18.2. The summed E-state index contributed by atoms with van der Waals surface area (Å²) in [5, 5.41) is 3.02. The Bertz CT molecular complexity index is 871. The molecule has 0 aliphatic carbocycles. The minimum atomic E-state index is -0.392. The van der Waals surface area contributed by atoms with Gasteiger partial charge in [-0.25, -0.2) is 0 Å². The van der Waals surface area contributed by atoms with Gasteiger partial charge in [-0.05, 0) is 11.6 Å². The first kappa shape index (κ1) is 21.6. The molecule has 7 heteroatoms. The number of ether oxygens (including phenoxy) is 3. The molecule has 1 aliphatic rings. The highest BCUT2D eigenvalue weighted by atomic mass is 16.5. The number of methoxy groups -OCH3 is 3. The van der Waals surface area contributed by atoms with Gasteiger partial charge in [0.25, 0.3) is 0 Å². The second kappa shape index (κ2) is 10.1. The van der Waals surface area contributed by atoms with Gasteiger partial charge in [0, 0.05) is 44.3 Å². The molecule has 1 fully saturated rings. The molecule has 0 radical (unpaired) electrons. The molecule has 160 valence electrons. The van der Waals surface area contributed by atoms with Crippen LogP contribution in [0.4, 0.5) is 0 Å². The molecule has 0 bridgehead atoms. The van der Waals surface area contributed by atoms with Gasteiger partial charge in [0.2, 0.25) is 11.8 Å². The third-order valence-electron chi connectivity index (χ3n) is 5.43. The molecule has 2 aromatic rings. The second-order valence-electron chi connectivity index (χ2n) is 7.26. The summed E-state index contributed by atoms with van der Waals surface area (Å²) in [4.78, 5) is 27.2. The fourth-order valence-electron chi connectivity index (χ4n) is 3.84. The van der Waals surface area contributed by atoms with E-state index in [-0.39, 0.29) is 24.3 Å². The first-order valence-corrected chi connectivity index (χ1v) is 9.87. The van der Waals surface area contributed by atoms with Crippen molar-refractivity contribution in [1.29, 1.82) is 0 Å². The van der Waals surface area contributed by atoms with Crippen LogP contribution < -0.4 is 14.8 Å². The number of likely N-dealkylation sites (tertiary alicyclic amines) is 1. The van der Waals surface area contributed by atoms with Gasteiger partial charge in [0.15, 0.2) is 0 Å². The van der Waals surface area contributed by atoms with Crippen LogP contribution in [0.5, 0.6) is 11.5 Å². The zero-order valence-electron chi connectivity index (χ0n) is 17.6. The highest BCUT2D eigenvalue weighted by Crippen LogP contribution is 2.39. The number of benzene rings is 2. The topological polar surface area (TPSA) is 77.1 Å². The van der Waals surface area contributed by atoms with Crippen LogP contribution in [0.3, 0.4) is 0 Å². The summed E-state index contributed by atoms with van der Waals surface area (Å²) >= 11 is 0. The molecule has 0 saturated carbocycles. The summed E-state index contributed by atoms with van der Waals surface area (Å²) in [5.74, 6) is 0.509. The number of carbonyl (C=O) groups excluding carboxylic acids is 2. The van der Waals surface area contributed by atoms with Gasteiger partial charge >= 0.3 is 0 Å². The summed E-state index contributed by atoms with van der Waals surface area (Å²) in [6.07, 6.45) is 0. The van der Waals surface area contributed by atoms with Crippen LogP contribution >= 0.6 is 0 Å². The van der Waals surface area contributed by atoms with Crippen molar-refractivity contribution in [1.82, 2.24) is 10.2 Å². The highest BCUT2D eigenvalue weighted by Gasteiger charge is 2.41. The van der Waals surface area contributed by atoms with Crippen molar-refractivity contribution in [3.63, 3.8) is 0 Å². The molecular formula is C23H28N2O5. The Morgan fingerprint density at radius 2 is 1.80 bits per heavy atom. The van der Waals surface area contributed by atoms with Gasteiger partial charge in [-0.15, -0.1) is 0 Å². The molecule has 7 nitrogen and oxygen atoms in total. The number of rotatable bonds is 8. The Balaban J connectivity index is 1.83. The van der Waals surface area contributed by atoms with E-state index in [9.17, 15) is 9.59 Å². The molecule has 2 atom stereocenters. The number of nitrogens with zero attached hydrogens (tertiary/aromatic N) is 1. The molecule has 0 unspecified atom stereocenters. The molecule has 30 heavy (non-hydrogen) atoms. The predicted octanol–water partition coefficient (Wildman–Crippen LogP) is 2.21. The van der Waals surface area contributed by atoms with Gasteiger partial charge in [0.05, 0.1) is 20.1 Å². The van der Waals surface area contributed by atoms with Gasteiger partial charge in [-0.1, -0.05) is 36.4 Å². The van der Waals surface area contributed by atoms with Crippen molar-refractivity contribution in [3.05, 3.63) is 59.7 Å². The summed E-state index contributed by atoms with van der Waals surface area (Å²) in [6.45, 7) is 1.19. The number of nitrogens with one attached hydrogen (secondary N) is 1. The lowest BCUT2D eigenvalue weighted by atomic mass is 9.87. The lowest BCUT2D eigenvalue weighted by molar-refractivity contribution is -0.134. The maximum Gasteiger partial charge on any atom is 0.248 e. The number of carbonyl (C=O) groups is 2. The van der Waals surface area contributed by atoms with E-state index >= 15 is 0 Å². The maximum atomic E-state index is 13.1. The molecule has 0 spiro atoms. The Morgan fingerprint density at radius 3 is 2.47 bits per heavy atom. The number of amides is 2. The van der Waals surface area contributed by atoms with Crippen molar-refractivity contribution in [2.24, 2.45) is 5.92 Å². The van der Waals surface area contributed by atoms with E-state index in [0.29, 0.717) is 31.1 Å². The van der Waals surface area contributed by atoms with Crippen molar-refractivity contribution < 1.29 is 23.8 Å². The van der Waals surface area contributed by atoms with Gasteiger partial charge in [0.1, 0.15) is 18.1 Å². The zero-order valence-corrected chi connectivity index (χ0v) is 17.6. The molecule has 2 aromatic carbocycles. The van der Waals surface area contributed by atoms with Crippen LogP contribution in [-0.4, -0.2) is 57.7 Å².